The Morgan fingerprint density at radius 3 is 2.78 bits per heavy atom. The molecule has 0 unspecified atom stereocenters. The lowest BCUT2D eigenvalue weighted by Gasteiger charge is -2.06. The highest BCUT2D eigenvalue weighted by molar-refractivity contribution is 7.13. The Morgan fingerprint density at radius 2 is 2.17 bits per heavy atom. The van der Waals surface area contributed by atoms with Crippen molar-refractivity contribution in [3.63, 3.8) is 0 Å². The third-order valence-corrected chi connectivity index (χ3v) is 3.41. The zero-order valence-corrected chi connectivity index (χ0v) is 10.5. The first-order valence-electron chi connectivity index (χ1n) is 5.24. The van der Waals surface area contributed by atoms with Crippen LogP contribution in [0.15, 0.2) is 40.5 Å². The van der Waals surface area contributed by atoms with Crippen molar-refractivity contribution < 1.29 is 9.90 Å². The average Bonchev–Trinajstić information content (AvgIpc) is 2.84. The molecule has 4 nitrogen and oxygen atoms in total. The van der Waals surface area contributed by atoms with Crippen LogP contribution in [0.1, 0.15) is 5.56 Å². The Morgan fingerprint density at radius 1 is 1.39 bits per heavy atom. The molecule has 2 aromatic heterocycles. The van der Waals surface area contributed by atoms with E-state index in [1.54, 1.807) is 24.5 Å². The first kappa shape index (κ1) is 12.3. The molecule has 0 fully saturated rings. The number of hydrogen-bond donors (Lipinski definition) is 1. The van der Waals surface area contributed by atoms with Crippen LogP contribution in [0.2, 0.25) is 0 Å². The summed E-state index contributed by atoms with van der Waals surface area (Å²) >= 11 is 1.55. The monoisotopic (exact) mass is 261 g/mol. The summed E-state index contributed by atoms with van der Waals surface area (Å²) in [6, 6.07) is 7.31. The average molecular weight is 261 g/mol. The molecule has 0 bridgehead atoms. The van der Waals surface area contributed by atoms with Gasteiger partial charge in [-0.15, -0.1) is 11.3 Å². The highest BCUT2D eigenvalue weighted by Gasteiger charge is 2.06. The fraction of sp³-hybridized carbons (Fsp3) is 0.0769. The molecule has 0 saturated heterocycles. The van der Waals surface area contributed by atoms with Gasteiger partial charge in [-0.05, 0) is 29.7 Å². The van der Waals surface area contributed by atoms with E-state index >= 15 is 0 Å². The number of carbonyl (C=O) groups is 1. The van der Waals surface area contributed by atoms with E-state index in [1.165, 1.54) is 10.6 Å². The summed E-state index contributed by atoms with van der Waals surface area (Å²) < 4.78 is 1.52. The second-order valence-electron chi connectivity index (χ2n) is 3.69. The van der Waals surface area contributed by atoms with E-state index in [0.29, 0.717) is 5.56 Å². The smallest absolute Gasteiger partial charge is 0.328 e. The zero-order chi connectivity index (χ0) is 13.1. The van der Waals surface area contributed by atoms with E-state index in [4.69, 9.17) is 5.11 Å². The van der Waals surface area contributed by atoms with Gasteiger partial charge >= 0.3 is 5.97 Å². The summed E-state index contributed by atoms with van der Waals surface area (Å²) in [4.78, 5) is 23.5. The van der Waals surface area contributed by atoms with Gasteiger partial charge in [0.25, 0.3) is 5.56 Å². The van der Waals surface area contributed by atoms with Gasteiger partial charge in [0.05, 0.1) is 10.6 Å². The first-order valence-corrected chi connectivity index (χ1v) is 6.12. The molecular weight excluding hydrogens is 250 g/mol. The number of aromatic nitrogens is 1. The van der Waals surface area contributed by atoms with Crippen LogP contribution in [0, 0.1) is 0 Å². The fourth-order valence-electron chi connectivity index (χ4n) is 1.61. The van der Waals surface area contributed by atoms with Gasteiger partial charge in [-0.1, -0.05) is 6.07 Å². The first-order chi connectivity index (χ1) is 8.59. The van der Waals surface area contributed by atoms with E-state index in [9.17, 15) is 9.59 Å². The van der Waals surface area contributed by atoms with Gasteiger partial charge in [0.1, 0.15) is 0 Å². The second-order valence-corrected chi connectivity index (χ2v) is 4.63. The number of carboxylic acids is 1. The lowest BCUT2D eigenvalue weighted by molar-refractivity contribution is -0.131. The molecule has 0 amide bonds. The Kier molecular flexibility index (Phi) is 3.43. The minimum absolute atomic E-state index is 0.210. The summed E-state index contributed by atoms with van der Waals surface area (Å²) in [5, 5.41) is 10.5. The van der Waals surface area contributed by atoms with E-state index in [0.717, 1.165) is 16.6 Å². The maximum Gasteiger partial charge on any atom is 0.328 e. The van der Waals surface area contributed by atoms with Crippen molar-refractivity contribution in [3.8, 4) is 10.6 Å². The van der Waals surface area contributed by atoms with Crippen molar-refractivity contribution in [2.45, 2.75) is 0 Å². The summed E-state index contributed by atoms with van der Waals surface area (Å²) in [5.74, 6) is -1.07. The number of nitrogens with zero attached hydrogens (tertiary/aromatic N) is 1. The number of rotatable bonds is 3. The standard InChI is InChI=1S/C13H11NO3S/c1-14-10(11-3-2-8-18-11)6-4-9(13(14)17)5-7-12(15)16/h2-8H,1H3,(H,15,16)/b7-5+. The molecule has 1 N–H and O–H groups in total. The third-order valence-electron chi connectivity index (χ3n) is 2.51. The normalized spacial score (nSPS) is 10.9. The van der Waals surface area contributed by atoms with Crippen molar-refractivity contribution in [2.24, 2.45) is 7.05 Å². The van der Waals surface area contributed by atoms with Gasteiger partial charge in [-0.3, -0.25) is 4.79 Å². The minimum atomic E-state index is -1.07. The largest absolute Gasteiger partial charge is 0.478 e. The lowest BCUT2D eigenvalue weighted by atomic mass is 10.2. The Hall–Kier alpha value is -2.14. The van der Waals surface area contributed by atoms with Crippen molar-refractivity contribution in [1.82, 2.24) is 4.57 Å². The van der Waals surface area contributed by atoms with E-state index in [2.05, 4.69) is 0 Å². The molecule has 0 aliphatic carbocycles. The molecule has 0 atom stereocenters. The van der Waals surface area contributed by atoms with Gasteiger partial charge in [-0.2, -0.15) is 0 Å². The van der Waals surface area contributed by atoms with Gasteiger partial charge in [0.15, 0.2) is 0 Å². The van der Waals surface area contributed by atoms with Crippen molar-refractivity contribution in [3.05, 3.63) is 51.6 Å². The van der Waals surface area contributed by atoms with Crippen LogP contribution < -0.4 is 5.56 Å². The van der Waals surface area contributed by atoms with Crippen LogP contribution in [-0.2, 0) is 11.8 Å². The molecule has 5 heteroatoms. The molecule has 2 aromatic rings. The third kappa shape index (κ3) is 2.41. The number of aliphatic carboxylic acids is 1. The van der Waals surface area contributed by atoms with Crippen molar-refractivity contribution >= 4 is 23.4 Å². The number of pyridine rings is 1. The molecule has 2 rings (SSSR count). The Labute approximate surface area is 107 Å². The van der Waals surface area contributed by atoms with Crippen molar-refractivity contribution in [2.75, 3.05) is 0 Å². The maximum atomic E-state index is 12.0. The quantitative estimate of drug-likeness (QED) is 0.862. The minimum Gasteiger partial charge on any atom is -0.478 e. The van der Waals surface area contributed by atoms with Crippen LogP contribution in [0.25, 0.3) is 16.6 Å². The summed E-state index contributed by atoms with van der Waals surface area (Å²) in [5.41, 5.74) is 0.973. The molecule has 0 spiro atoms. The molecule has 0 radical (unpaired) electrons. The van der Waals surface area contributed by atoms with E-state index < -0.39 is 5.97 Å². The van der Waals surface area contributed by atoms with Crippen LogP contribution in [0.5, 0.6) is 0 Å². The summed E-state index contributed by atoms with van der Waals surface area (Å²) in [6.45, 7) is 0. The SMILES string of the molecule is Cn1c(-c2cccs2)ccc(/C=C/C(=O)O)c1=O. The fourth-order valence-corrected chi connectivity index (χ4v) is 2.40. The van der Waals surface area contributed by atoms with Crippen LogP contribution in [0.4, 0.5) is 0 Å². The topological polar surface area (TPSA) is 59.3 Å². The van der Waals surface area contributed by atoms with Crippen LogP contribution >= 0.6 is 11.3 Å². The molecule has 0 aliphatic heterocycles. The zero-order valence-electron chi connectivity index (χ0n) is 9.66. The molecule has 0 aromatic carbocycles. The highest BCUT2D eigenvalue weighted by Crippen LogP contribution is 2.23. The molecule has 92 valence electrons. The summed E-state index contributed by atoms with van der Waals surface area (Å²) in [6.07, 6.45) is 2.27. The lowest BCUT2D eigenvalue weighted by Crippen LogP contribution is -2.20. The van der Waals surface area contributed by atoms with E-state index in [1.807, 2.05) is 23.6 Å². The number of thiophene rings is 1. The predicted octanol–water partition coefficient (Wildman–Crippen LogP) is 2.21. The highest BCUT2D eigenvalue weighted by atomic mass is 32.1. The van der Waals surface area contributed by atoms with Crippen LogP contribution in [0.3, 0.4) is 0 Å². The van der Waals surface area contributed by atoms with Gasteiger partial charge in [0, 0.05) is 18.7 Å². The predicted molar refractivity (Wildman–Crippen MR) is 71.7 cm³/mol. The number of hydrogen-bond acceptors (Lipinski definition) is 3. The molecule has 2 heterocycles. The molecule has 0 saturated carbocycles. The summed E-state index contributed by atoms with van der Waals surface area (Å²) in [7, 11) is 1.68. The maximum absolute atomic E-state index is 12.0. The molecular formula is C13H11NO3S. The van der Waals surface area contributed by atoms with Gasteiger partial charge in [0.2, 0.25) is 0 Å². The van der Waals surface area contributed by atoms with Crippen LogP contribution in [-0.4, -0.2) is 15.6 Å². The Bertz CT molecular complexity index is 653. The Balaban J connectivity index is 2.49. The molecule has 0 aliphatic rings. The second kappa shape index (κ2) is 5.01. The van der Waals surface area contributed by atoms with E-state index in [-0.39, 0.29) is 5.56 Å². The van der Waals surface area contributed by atoms with Gasteiger partial charge < -0.3 is 9.67 Å². The van der Waals surface area contributed by atoms with Crippen molar-refractivity contribution in [1.29, 1.82) is 0 Å². The number of carboxylic acid groups (broad SMARTS) is 1. The molecule has 18 heavy (non-hydrogen) atoms. The van der Waals surface area contributed by atoms with Gasteiger partial charge in [-0.25, -0.2) is 4.79 Å².